The summed E-state index contributed by atoms with van der Waals surface area (Å²) in [5, 5.41) is 0. The fourth-order valence-corrected chi connectivity index (χ4v) is 3.61. The van der Waals surface area contributed by atoms with E-state index in [4.69, 9.17) is 5.73 Å². The molecule has 0 atom stereocenters. The number of thioether (sulfide) groups is 1. The lowest BCUT2D eigenvalue weighted by molar-refractivity contribution is 0.210. The molecule has 76 valence electrons. The molecule has 1 saturated heterocycles. The summed E-state index contributed by atoms with van der Waals surface area (Å²) in [7, 11) is 0. The lowest BCUT2D eigenvalue weighted by atomic mass is 9.73. The zero-order chi connectivity index (χ0) is 9.15. The second-order valence-electron chi connectivity index (χ2n) is 4.81. The lowest BCUT2D eigenvalue weighted by Crippen LogP contribution is -2.46. The Morgan fingerprint density at radius 3 is 2.46 bits per heavy atom. The van der Waals surface area contributed by atoms with Crippen molar-refractivity contribution in [2.24, 2.45) is 11.7 Å². The Balaban J connectivity index is 1.66. The maximum atomic E-state index is 6.21. The fraction of sp³-hybridized carbons (Fsp3) is 1.00. The fourth-order valence-electron chi connectivity index (χ4n) is 2.41. The van der Waals surface area contributed by atoms with Crippen LogP contribution in [0.4, 0.5) is 0 Å². The summed E-state index contributed by atoms with van der Waals surface area (Å²) in [5.41, 5.74) is 6.48. The molecule has 2 N–H and O–H groups in total. The monoisotopic (exact) mass is 199 g/mol. The molecule has 1 saturated carbocycles. The van der Waals surface area contributed by atoms with Crippen LogP contribution in [0.25, 0.3) is 0 Å². The smallest absolute Gasteiger partial charge is 0.0154 e. The van der Waals surface area contributed by atoms with Gasteiger partial charge in [-0.25, -0.2) is 0 Å². The predicted octanol–water partition coefficient (Wildman–Crippen LogP) is 2.79. The first kappa shape index (κ1) is 9.85. The van der Waals surface area contributed by atoms with Gasteiger partial charge in [0.2, 0.25) is 0 Å². The van der Waals surface area contributed by atoms with E-state index in [1.165, 1.54) is 56.5 Å². The van der Waals surface area contributed by atoms with E-state index in [1.807, 2.05) is 0 Å². The van der Waals surface area contributed by atoms with E-state index >= 15 is 0 Å². The maximum absolute atomic E-state index is 6.21. The Hall–Kier alpha value is 0.310. The van der Waals surface area contributed by atoms with Crippen LogP contribution in [-0.2, 0) is 0 Å². The van der Waals surface area contributed by atoms with Gasteiger partial charge in [-0.1, -0.05) is 0 Å². The number of hydrogen-bond donors (Lipinski definition) is 1. The summed E-state index contributed by atoms with van der Waals surface area (Å²) >= 11 is 2.12. The molecule has 1 aliphatic carbocycles. The Morgan fingerprint density at radius 1 is 1.23 bits per heavy atom. The quantitative estimate of drug-likeness (QED) is 0.756. The van der Waals surface area contributed by atoms with Gasteiger partial charge in [0.25, 0.3) is 0 Å². The Morgan fingerprint density at radius 2 is 1.92 bits per heavy atom. The molecule has 1 aliphatic heterocycles. The van der Waals surface area contributed by atoms with Crippen molar-refractivity contribution in [2.75, 3.05) is 11.5 Å². The molecular weight excluding hydrogens is 178 g/mol. The van der Waals surface area contributed by atoms with Crippen LogP contribution in [0.15, 0.2) is 0 Å². The van der Waals surface area contributed by atoms with Crippen molar-refractivity contribution in [2.45, 2.75) is 50.5 Å². The van der Waals surface area contributed by atoms with Crippen LogP contribution < -0.4 is 5.73 Å². The third-order valence-electron chi connectivity index (χ3n) is 3.74. The maximum Gasteiger partial charge on any atom is 0.0154 e. The SMILES string of the molecule is NC1(CCC2CCSCC2)CCC1. The molecule has 1 heterocycles. The van der Waals surface area contributed by atoms with Crippen LogP contribution in [0.1, 0.15) is 44.9 Å². The first-order chi connectivity index (χ1) is 6.29. The van der Waals surface area contributed by atoms with Crippen LogP contribution in [0.3, 0.4) is 0 Å². The zero-order valence-corrected chi connectivity index (χ0v) is 9.24. The van der Waals surface area contributed by atoms with Crippen LogP contribution in [0.2, 0.25) is 0 Å². The summed E-state index contributed by atoms with van der Waals surface area (Å²) < 4.78 is 0. The van der Waals surface area contributed by atoms with Crippen LogP contribution in [-0.4, -0.2) is 17.0 Å². The minimum absolute atomic E-state index is 0.268. The number of hydrogen-bond acceptors (Lipinski definition) is 2. The number of rotatable bonds is 3. The highest BCUT2D eigenvalue weighted by atomic mass is 32.2. The topological polar surface area (TPSA) is 26.0 Å². The largest absolute Gasteiger partial charge is 0.325 e. The summed E-state index contributed by atoms with van der Waals surface area (Å²) in [6.07, 6.45) is 9.53. The van der Waals surface area contributed by atoms with Crippen molar-refractivity contribution >= 4 is 11.8 Å². The van der Waals surface area contributed by atoms with Gasteiger partial charge < -0.3 is 5.73 Å². The van der Waals surface area contributed by atoms with Crippen LogP contribution in [0, 0.1) is 5.92 Å². The molecule has 0 aromatic rings. The third-order valence-corrected chi connectivity index (χ3v) is 4.79. The van der Waals surface area contributed by atoms with Gasteiger partial charge in [0, 0.05) is 5.54 Å². The average Bonchev–Trinajstić information content (AvgIpc) is 2.13. The molecule has 0 aromatic carbocycles. The van der Waals surface area contributed by atoms with Crippen molar-refractivity contribution in [3.05, 3.63) is 0 Å². The van der Waals surface area contributed by atoms with E-state index in [-0.39, 0.29) is 5.54 Å². The third kappa shape index (κ3) is 2.63. The molecule has 2 rings (SSSR count). The molecule has 0 bridgehead atoms. The highest BCUT2D eigenvalue weighted by Gasteiger charge is 2.32. The molecule has 1 nitrogen and oxygen atoms in total. The standard InChI is InChI=1S/C11H21NS/c12-11(5-1-6-11)7-2-10-3-8-13-9-4-10/h10H,1-9,12H2. The minimum atomic E-state index is 0.268. The van der Waals surface area contributed by atoms with Gasteiger partial charge in [0.05, 0.1) is 0 Å². The van der Waals surface area contributed by atoms with Crippen LogP contribution in [0.5, 0.6) is 0 Å². The van der Waals surface area contributed by atoms with Crippen molar-refractivity contribution < 1.29 is 0 Å². The average molecular weight is 199 g/mol. The molecule has 2 heteroatoms. The predicted molar refractivity (Wildman–Crippen MR) is 60.1 cm³/mol. The second kappa shape index (κ2) is 4.22. The van der Waals surface area contributed by atoms with E-state index in [1.54, 1.807) is 0 Å². The number of nitrogens with two attached hydrogens (primary N) is 1. The van der Waals surface area contributed by atoms with Gasteiger partial charge in [0.15, 0.2) is 0 Å². The molecule has 2 aliphatic rings. The molecule has 0 unspecified atom stereocenters. The van der Waals surface area contributed by atoms with E-state index in [2.05, 4.69) is 11.8 Å². The van der Waals surface area contributed by atoms with Crippen molar-refractivity contribution in [1.82, 2.24) is 0 Å². The van der Waals surface area contributed by atoms with Gasteiger partial charge in [-0.05, 0) is 62.4 Å². The van der Waals surface area contributed by atoms with Gasteiger partial charge in [0.1, 0.15) is 0 Å². The van der Waals surface area contributed by atoms with E-state index in [0.29, 0.717) is 0 Å². The molecule has 13 heavy (non-hydrogen) atoms. The van der Waals surface area contributed by atoms with E-state index in [9.17, 15) is 0 Å². The van der Waals surface area contributed by atoms with Crippen LogP contribution >= 0.6 is 11.8 Å². The van der Waals surface area contributed by atoms with Crippen molar-refractivity contribution in [3.63, 3.8) is 0 Å². The van der Waals surface area contributed by atoms with E-state index < -0.39 is 0 Å². The summed E-state index contributed by atoms with van der Waals surface area (Å²) in [4.78, 5) is 0. The first-order valence-electron chi connectivity index (χ1n) is 5.65. The summed E-state index contributed by atoms with van der Waals surface area (Å²) in [5.74, 6) is 3.78. The van der Waals surface area contributed by atoms with Gasteiger partial charge >= 0.3 is 0 Å². The Labute approximate surface area is 85.8 Å². The van der Waals surface area contributed by atoms with Gasteiger partial charge in [-0.3, -0.25) is 0 Å². The first-order valence-corrected chi connectivity index (χ1v) is 6.81. The molecule has 2 fully saturated rings. The Kier molecular flexibility index (Phi) is 3.20. The van der Waals surface area contributed by atoms with Gasteiger partial charge in [-0.15, -0.1) is 0 Å². The lowest BCUT2D eigenvalue weighted by Gasteiger charge is -2.39. The minimum Gasteiger partial charge on any atom is -0.325 e. The normalized spacial score (nSPS) is 28.4. The molecular formula is C11H21NS. The molecule has 0 spiro atoms. The molecule has 0 radical (unpaired) electrons. The molecule has 0 aromatic heterocycles. The van der Waals surface area contributed by atoms with E-state index in [0.717, 1.165) is 5.92 Å². The Bertz CT molecular complexity index is 159. The van der Waals surface area contributed by atoms with Crippen molar-refractivity contribution in [1.29, 1.82) is 0 Å². The highest BCUT2D eigenvalue weighted by Crippen LogP contribution is 2.36. The van der Waals surface area contributed by atoms with Gasteiger partial charge in [-0.2, -0.15) is 11.8 Å². The summed E-state index contributed by atoms with van der Waals surface area (Å²) in [6, 6.07) is 0. The second-order valence-corrected chi connectivity index (χ2v) is 6.04. The molecule has 0 amide bonds. The van der Waals surface area contributed by atoms with Crippen molar-refractivity contribution in [3.8, 4) is 0 Å². The zero-order valence-electron chi connectivity index (χ0n) is 8.43. The highest BCUT2D eigenvalue weighted by molar-refractivity contribution is 7.99. The summed E-state index contributed by atoms with van der Waals surface area (Å²) in [6.45, 7) is 0.